The molecule has 2 atom stereocenters. The molecule has 22 heavy (non-hydrogen) atoms. The lowest BCUT2D eigenvalue weighted by atomic mass is 9.90. The number of likely N-dealkylation sites (tertiary alicyclic amines) is 1. The van der Waals surface area contributed by atoms with Gasteiger partial charge in [0.2, 0.25) is 0 Å². The average molecular weight is 298 g/mol. The molecule has 0 saturated carbocycles. The number of hydrogen-bond acceptors (Lipinski definition) is 5. The Kier molecular flexibility index (Phi) is 4.02. The highest BCUT2D eigenvalue weighted by Crippen LogP contribution is 2.33. The number of nitrogens with two attached hydrogens (primary N) is 1. The van der Waals surface area contributed by atoms with Gasteiger partial charge in [0, 0.05) is 49.7 Å². The van der Waals surface area contributed by atoms with Crippen LogP contribution in [0.15, 0.2) is 42.9 Å². The topological polar surface area (TPSA) is 92.3 Å². The number of nitrogen functional groups attached to an aromatic ring is 1. The number of aliphatic carboxylic acids is 1. The lowest BCUT2D eigenvalue weighted by Gasteiger charge is -2.16. The molecule has 0 amide bonds. The zero-order valence-corrected chi connectivity index (χ0v) is 12.1. The van der Waals surface area contributed by atoms with Gasteiger partial charge in [0.15, 0.2) is 0 Å². The molecule has 114 valence electrons. The summed E-state index contributed by atoms with van der Waals surface area (Å²) in [6.45, 7) is 1.79. The van der Waals surface area contributed by atoms with Crippen LogP contribution in [0.2, 0.25) is 0 Å². The molecular weight excluding hydrogens is 280 g/mol. The van der Waals surface area contributed by atoms with Crippen LogP contribution < -0.4 is 5.73 Å². The normalized spacial score (nSPS) is 21.8. The summed E-state index contributed by atoms with van der Waals surface area (Å²) in [5.41, 5.74) is 7.77. The van der Waals surface area contributed by atoms with Crippen LogP contribution in [0.4, 0.5) is 5.82 Å². The molecule has 0 aliphatic carbocycles. The number of rotatable bonds is 4. The van der Waals surface area contributed by atoms with E-state index in [1.807, 2.05) is 24.3 Å². The molecule has 3 heterocycles. The van der Waals surface area contributed by atoms with E-state index in [4.69, 9.17) is 5.73 Å². The minimum absolute atomic E-state index is 0.0518. The molecule has 2 aromatic heterocycles. The van der Waals surface area contributed by atoms with Gasteiger partial charge in [0.1, 0.15) is 5.82 Å². The molecule has 6 heteroatoms. The Morgan fingerprint density at radius 1 is 1.32 bits per heavy atom. The van der Waals surface area contributed by atoms with Crippen LogP contribution in [0.5, 0.6) is 0 Å². The minimum atomic E-state index is -0.768. The smallest absolute Gasteiger partial charge is 0.308 e. The number of anilines is 1. The molecule has 1 saturated heterocycles. The Hall–Kier alpha value is -2.47. The molecule has 0 spiro atoms. The predicted octanol–water partition coefficient (Wildman–Crippen LogP) is 1.36. The van der Waals surface area contributed by atoms with Crippen molar-refractivity contribution in [2.24, 2.45) is 5.92 Å². The summed E-state index contributed by atoms with van der Waals surface area (Å²) in [6, 6.07) is 7.55. The number of carboxylic acid groups (broad SMARTS) is 1. The van der Waals surface area contributed by atoms with Gasteiger partial charge in [0.25, 0.3) is 0 Å². The first-order valence-corrected chi connectivity index (χ1v) is 7.19. The van der Waals surface area contributed by atoms with Gasteiger partial charge in [0.05, 0.1) is 5.92 Å². The van der Waals surface area contributed by atoms with Crippen molar-refractivity contribution in [2.45, 2.75) is 12.5 Å². The van der Waals surface area contributed by atoms with Gasteiger partial charge in [-0.25, -0.2) is 4.98 Å². The Balaban J connectivity index is 1.79. The van der Waals surface area contributed by atoms with Crippen LogP contribution in [-0.4, -0.2) is 39.0 Å². The van der Waals surface area contributed by atoms with Gasteiger partial charge in [-0.1, -0.05) is 12.1 Å². The molecule has 3 N–H and O–H groups in total. The van der Waals surface area contributed by atoms with E-state index < -0.39 is 11.9 Å². The fourth-order valence-corrected chi connectivity index (χ4v) is 3.02. The van der Waals surface area contributed by atoms with Crippen molar-refractivity contribution in [3.05, 3.63) is 54.0 Å². The van der Waals surface area contributed by atoms with Gasteiger partial charge in [-0.05, 0) is 17.7 Å². The number of nitrogens with zero attached hydrogens (tertiary/aromatic N) is 3. The van der Waals surface area contributed by atoms with Crippen LogP contribution in [-0.2, 0) is 11.3 Å². The molecule has 6 nitrogen and oxygen atoms in total. The minimum Gasteiger partial charge on any atom is -0.481 e. The van der Waals surface area contributed by atoms with E-state index in [1.165, 1.54) is 0 Å². The van der Waals surface area contributed by atoms with E-state index in [0.717, 1.165) is 11.1 Å². The quantitative estimate of drug-likeness (QED) is 0.885. The highest BCUT2D eigenvalue weighted by atomic mass is 16.4. The number of carboxylic acids is 1. The van der Waals surface area contributed by atoms with Crippen molar-refractivity contribution in [1.82, 2.24) is 14.9 Å². The number of hydrogen-bond donors (Lipinski definition) is 2. The zero-order chi connectivity index (χ0) is 15.5. The fourth-order valence-electron chi connectivity index (χ4n) is 3.02. The Bertz CT molecular complexity index is 662. The Morgan fingerprint density at radius 2 is 2.14 bits per heavy atom. The SMILES string of the molecule is Nc1ncccc1CN1C[C@H](C(=O)O)[C@@H](c2cccnc2)C1. The lowest BCUT2D eigenvalue weighted by molar-refractivity contribution is -0.141. The van der Waals surface area contributed by atoms with Gasteiger partial charge in [-0.15, -0.1) is 0 Å². The van der Waals surface area contributed by atoms with Gasteiger partial charge in [-0.3, -0.25) is 14.7 Å². The molecule has 1 fully saturated rings. The summed E-state index contributed by atoms with van der Waals surface area (Å²) in [5, 5.41) is 9.50. The van der Waals surface area contributed by atoms with E-state index in [1.54, 1.807) is 18.6 Å². The van der Waals surface area contributed by atoms with E-state index in [9.17, 15) is 9.90 Å². The van der Waals surface area contributed by atoms with Crippen LogP contribution in [0, 0.1) is 5.92 Å². The molecule has 3 rings (SSSR count). The molecule has 0 bridgehead atoms. The third-order valence-electron chi connectivity index (χ3n) is 4.15. The van der Waals surface area contributed by atoms with Crippen LogP contribution in [0.25, 0.3) is 0 Å². The summed E-state index contributed by atoms with van der Waals surface area (Å²) in [4.78, 5) is 21.9. The van der Waals surface area contributed by atoms with E-state index in [2.05, 4.69) is 14.9 Å². The van der Waals surface area contributed by atoms with E-state index in [0.29, 0.717) is 25.5 Å². The number of pyridine rings is 2. The summed E-state index contributed by atoms with van der Waals surface area (Å²) >= 11 is 0. The van der Waals surface area contributed by atoms with Gasteiger partial charge >= 0.3 is 5.97 Å². The first-order valence-electron chi connectivity index (χ1n) is 7.19. The second-order valence-corrected chi connectivity index (χ2v) is 5.58. The Morgan fingerprint density at radius 3 is 2.82 bits per heavy atom. The largest absolute Gasteiger partial charge is 0.481 e. The summed E-state index contributed by atoms with van der Waals surface area (Å²) < 4.78 is 0. The van der Waals surface area contributed by atoms with E-state index in [-0.39, 0.29) is 5.92 Å². The Labute approximate surface area is 128 Å². The molecule has 1 aliphatic rings. The van der Waals surface area contributed by atoms with Gasteiger partial charge < -0.3 is 10.8 Å². The van der Waals surface area contributed by atoms with Crippen molar-refractivity contribution in [2.75, 3.05) is 18.8 Å². The molecule has 0 unspecified atom stereocenters. The van der Waals surface area contributed by atoms with Crippen molar-refractivity contribution < 1.29 is 9.90 Å². The maximum Gasteiger partial charge on any atom is 0.308 e. The summed E-state index contributed by atoms with van der Waals surface area (Å²) in [7, 11) is 0. The maximum atomic E-state index is 11.6. The second kappa shape index (κ2) is 6.11. The van der Waals surface area contributed by atoms with Crippen molar-refractivity contribution >= 4 is 11.8 Å². The zero-order valence-electron chi connectivity index (χ0n) is 12.1. The van der Waals surface area contributed by atoms with Crippen LogP contribution in [0.3, 0.4) is 0 Å². The van der Waals surface area contributed by atoms with Crippen LogP contribution in [0.1, 0.15) is 17.0 Å². The third kappa shape index (κ3) is 2.92. The highest BCUT2D eigenvalue weighted by molar-refractivity contribution is 5.72. The summed E-state index contributed by atoms with van der Waals surface area (Å²) in [5.74, 6) is -0.749. The first-order chi connectivity index (χ1) is 10.6. The molecular formula is C16H18N4O2. The van der Waals surface area contributed by atoms with Gasteiger partial charge in [-0.2, -0.15) is 0 Å². The second-order valence-electron chi connectivity index (χ2n) is 5.58. The standard InChI is InChI=1S/C16H18N4O2/c17-15-12(4-2-6-19-15)8-20-9-13(14(10-20)16(21)22)11-3-1-5-18-7-11/h1-7,13-14H,8-10H2,(H2,17,19)(H,21,22)/t13-,14+/m1/s1. The molecule has 0 radical (unpaired) electrons. The first kappa shape index (κ1) is 14.5. The number of carbonyl (C=O) groups is 1. The lowest BCUT2D eigenvalue weighted by Crippen LogP contribution is -2.23. The van der Waals surface area contributed by atoms with Crippen molar-refractivity contribution in [3.63, 3.8) is 0 Å². The third-order valence-corrected chi connectivity index (χ3v) is 4.15. The monoisotopic (exact) mass is 298 g/mol. The maximum absolute atomic E-state index is 11.6. The highest BCUT2D eigenvalue weighted by Gasteiger charge is 2.38. The average Bonchev–Trinajstić information content (AvgIpc) is 2.95. The van der Waals surface area contributed by atoms with Crippen molar-refractivity contribution in [3.8, 4) is 0 Å². The molecule has 0 aromatic carbocycles. The van der Waals surface area contributed by atoms with Crippen molar-refractivity contribution in [1.29, 1.82) is 0 Å². The fraction of sp³-hybridized carbons (Fsp3) is 0.312. The summed E-state index contributed by atoms with van der Waals surface area (Å²) in [6.07, 6.45) is 5.10. The van der Waals surface area contributed by atoms with E-state index >= 15 is 0 Å². The molecule has 1 aliphatic heterocycles. The molecule has 2 aromatic rings. The van der Waals surface area contributed by atoms with Crippen LogP contribution >= 0.6 is 0 Å². The predicted molar refractivity (Wildman–Crippen MR) is 82.0 cm³/mol. The number of aromatic nitrogens is 2.